The molecule has 5 rings (SSSR count). The molecule has 3 heterocycles. The van der Waals surface area contributed by atoms with Crippen LogP contribution in [0.2, 0.25) is 0 Å². The lowest BCUT2D eigenvalue weighted by Gasteiger charge is -2.32. The van der Waals surface area contributed by atoms with Gasteiger partial charge in [0, 0.05) is 87.0 Å². The van der Waals surface area contributed by atoms with Gasteiger partial charge in [-0.2, -0.15) is 0 Å². The van der Waals surface area contributed by atoms with Crippen molar-refractivity contribution in [3.8, 4) is 0 Å². The molecule has 23 heteroatoms. The van der Waals surface area contributed by atoms with Crippen LogP contribution in [0.5, 0.6) is 0 Å². The number of nitrogens with two attached hydrogens (primary N) is 2. The maximum atomic E-state index is 13.5. The predicted molar refractivity (Wildman–Crippen MR) is 314 cm³/mol. The molecule has 3 aromatic rings. The molecule has 22 nitrogen and oxygen atoms in total. The highest BCUT2D eigenvalue weighted by Gasteiger charge is 2.30. The van der Waals surface area contributed by atoms with Crippen LogP contribution >= 0.6 is 22.6 Å². The number of alkyl carbamates (subject to hydrolysis) is 1. The number of benzene rings is 2. The number of nitrogens with zero attached hydrogens (tertiary/aromatic N) is 4. The maximum absolute atomic E-state index is 13.5. The van der Waals surface area contributed by atoms with E-state index in [2.05, 4.69) is 74.7 Å². The molecule has 9 amide bonds. The van der Waals surface area contributed by atoms with Crippen molar-refractivity contribution in [2.75, 3.05) is 65.8 Å². The minimum atomic E-state index is -0.995. The molecule has 2 aliphatic rings. The Labute approximate surface area is 476 Å². The number of primary amides is 1. The van der Waals surface area contributed by atoms with Gasteiger partial charge in [-0.3, -0.25) is 28.8 Å². The van der Waals surface area contributed by atoms with Crippen molar-refractivity contribution in [1.82, 2.24) is 36.5 Å². The zero-order valence-corrected chi connectivity index (χ0v) is 48.0. The Morgan fingerprint density at radius 1 is 0.810 bits per heavy atom. The number of pyridine rings is 1. The molecule has 79 heavy (non-hydrogen) atoms. The Balaban J connectivity index is 1.00. The number of amidine groups is 1. The number of anilines is 3. The van der Waals surface area contributed by atoms with Gasteiger partial charge in [0.2, 0.25) is 29.5 Å². The number of urea groups is 1. The number of alkyl halides is 1. The first-order chi connectivity index (χ1) is 38.0. The summed E-state index contributed by atoms with van der Waals surface area (Å²) >= 11 is 2.29. The Morgan fingerprint density at radius 2 is 1.52 bits per heavy atom. The number of carbonyl (C=O) groups excluding carboxylic acids is 8. The first-order valence-electron chi connectivity index (χ1n) is 27.2. The van der Waals surface area contributed by atoms with Crippen molar-refractivity contribution < 1.29 is 43.1 Å². The van der Waals surface area contributed by atoms with Gasteiger partial charge in [-0.1, -0.05) is 74.9 Å². The molecular formula is C56H78IN13O9. The summed E-state index contributed by atoms with van der Waals surface area (Å²) < 4.78 is 6.37. The predicted octanol–water partition coefficient (Wildman–Crippen LogP) is 6.03. The first kappa shape index (κ1) is 62.5. The highest BCUT2D eigenvalue weighted by atomic mass is 127. The Hall–Kier alpha value is -7.31. The lowest BCUT2D eigenvalue weighted by molar-refractivity contribution is -0.132. The second kappa shape index (κ2) is 32.6. The van der Waals surface area contributed by atoms with Crippen LogP contribution < -0.4 is 53.6 Å². The van der Waals surface area contributed by atoms with Gasteiger partial charge in [-0.05, 0) is 110 Å². The summed E-state index contributed by atoms with van der Waals surface area (Å²) in [4.78, 5) is 116. The van der Waals surface area contributed by atoms with E-state index >= 15 is 0 Å². The summed E-state index contributed by atoms with van der Waals surface area (Å²) in [6.45, 7) is 10.7. The Morgan fingerprint density at radius 3 is 2.18 bits per heavy atom. The molecule has 1 fully saturated rings. The van der Waals surface area contributed by atoms with Crippen molar-refractivity contribution in [2.45, 2.75) is 117 Å². The number of amides is 9. The number of rotatable bonds is 29. The molecule has 0 radical (unpaired) electrons. The van der Waals surface area contributed by atoms with E-state index in [1.807, 2.05) is 44.7 Å². The average Bonchev–Trinajstić information content (AvgIpc) is 3.63. The molecule has 2 atom stereocenters. The quantitative estimate of drug-likeness (QED) is 0.0219. The molecule has 11 N–H and O–H groups in total. The number of ether oxygens (including phenoxy) is 1. The lowest BCUT2D eigenvalue weighted by atomic mass is 9.96. The Bertz CT molecular complexity index is 2620. The van der Waals surface area contributed by atoms with Crippen molar-refractivity contribution in [2.24, 2.45) is 28.3 Å². The highest BCUT2D eigenvalue weighted by Crippen LogP contribution is 2.29. The molecule has 2 aliphatic heterocycles. The number of aliphatic imine (C=N–C) groups is 1. The number of halogens is 1. The van der Waals surface area contributed by atoms with E-state index in [0.717, 1.165) is 30.1 Å². The SMILES string of the molecule is CCCN(CCC)C(=O)C1=Cc2ccc(C(=O)Nc3ccc(N4CCC(C(=O)NCCNC(=O)OCc5ccc(NC(=O)C(CCCNC(N)=O)NC(=O)C(NC(=O)CCCCCI)C(C)C)cc5)CC4)nc3)cc2N=C(N)C1. The summed E-state index contributed by atoms with van der Waals surface area (Å²) in [5.41, 5.74) is 15.2. The molecule has 0 aliphatic carbocycles. The number of hydrogen-bond acceptors (Lipinski definition) is 13. The van der Waals surface area contributed by atoms with E-state index in [1.165, 1.54) is 0 Å². The van der Waals surface area contributed by atoms with Gasteiger partial charge in [0.25, 0.3) is 5.91 Å². The molecule has 2 aromatic carbocycles. The van der Waals surface area contributed by atoms with Crippen LogP contribution in [-0.2, 0) is 35.3 Å². The standard InChI is InChI=1S/C56H78IN13O9/c1-5-27-70(28-6-2)54(76)41-31-39-15-16-40(32-45(39)66-46(58)33-41)51(73)65-43-19-20-47(63-34-43)69-29-21-38(22-30-69)50(72)60-25-26-62-56(78)79-35-37-13-17-42(18-14-37)64-52(74)44(11-10-24-61-55(59)77)67-53(75)49(36(3)4)68-48(71)12-8-7-9-23-57/h13-20,31-32,34,36,38,44,49H,5-12,21-30,33,35H2,1-4H3,(H2,58,66)(H,60,72)(H,62,78)(H,64,74)(H,65,73)(H,67,75)(H,68,71)(H3,59,61,77). The van der Waals surface area contributed by atoms with Gasteiger partial charge in [0.1, 0.15) is 30.3 Å². The Kier molecular flexibility index (Phi) is 25.8. The van der Waals surface area contributed by atoms with E-state index in [0.29, 0.717) is 109 Å². The van der Waals surface area contributed by atoms with Gasteiger partial charge >= 0.3 is 12.1 Å². The molecule has 0 bridgehead atoms. The minimum absolute atomic E-state index is 0.0592. The summed E-state index contributed by atoms with van der Waals surface area (Å²) in [6, 6.07) is 12.8. The largest absolute Gasteiger partial charge is 0.445 e. The normalized spacial score (nSPS) is 14.0. The van der Waals surface area contributed by atoms with Gasteiger partial charge in [0.05, 0.1) is 17.6 Å². The summed E-state index contributed by atoms with van der Waals surface area (Å²) in [5.74, 6) is -1.21. The molecule has 0 saturated carbocycles. The second-order valence-corrected chi connectivity index (χ2v) is 21.0. The van der Waals surface area contributed by atoms with Crippen molar-refractivity contribution in [3.05, 3.63) is 83.1 Å². The number of unbranched alkanes of at least 4 members (excludes halogenated alkanes) is 2. The topological polar surface area (TPSA) is 314 Å². The highest BCUT2D eigenvalue weighted by molar-refractivity contribution is 14.1. The monoisotopic (exact) mass is 1200 g/mol. The maximum Gasteiger partial charge on any atom is 0.407 e. The van der Waals surface area contributed by atoms with E-state index in [1.54, 1.807) is 54.7 Å². The number of hydrogen-bond donors (Lipinski definition) is 9. The van der Waals surface area contributed by atoms with Crippen LogP contribution in [-0.4, -0.2) is 126 Å². The number of fused-ring (bicyclic) bond motifs is 1. The van der Waals surface area contributed by atoms with Gasteiger partial charge in [0.15, 0.2) is 0 Å². The minimum Gasteiger partial charge on any atom is -0.445 e. The van der Waals surface area contributed by atoms with Crippen molar-refractivity contribution in [1.29, 1.82) is 0 Å². The summed E-state index contributed by atoms with van der Waals surface area (Å²) in [5, 5.41) is 19.3. The van der Waals surface area contributed by atoms with Crippen LogP contribution in [0.25, 0.3) is 6.08 Å². The average molecular weight is 1200 g/mol. The van der Waals surface area contributed by atoms with Crippen LogP contribution in [0.1, 0.15) is 120 Å². The van der Waals surface area contributed by atoms with Crippen molar-refractivity contribution >= 4 is 105 Å². The molecular weight excluding hydrogens is 1130 g/mol. The molecule has 1 saturated heterocycles. The third-order valence-electron chi connectivity index (χ3n) is 13.2. The van der Waals surface area contributed by atoms with Gasteiger partial charge in [-0.15, -0.1) is 0 Å². The second-order valence-electron chi connectivity index (χ2n) is 19.9. The fourth-order valence-electron chi connectivity index (χ4n) is 8.94. The number of carbonyl (C=O) groups is 8. The van der Waals surface area contributed by atoms with E-state index < -0.39 is 36.0 Å². The fraction of sp³-hybridized carbons (Fsp3) is 0.500. The molecule has 0 spiro atoms. The van der Waals surface area contributed by atoms with Gasteiger partial charge < -0.3 is 63.2 Å². The van der Waals surface area contributed by atoms with Gasteiger partial charge in [-0.25, -0.2) is 19.6 Å². The van der Waals surface area contributed by atoms with Crippen LogP contribution in [0.15, 0.2) is 71.4 Å². The number of nitrogens with one attached hydrogen (secondary N) is 7. The van der Waals surface area contributed by atoms with Crippen molar-refractivity contribution in [3.63, 3.8) is 0 Å². The molecule has 428 valence electrons. The van der Waals surface area contributed by atoms with Crippen LogP contribution in [0, 0.1) is 11.8 Å². The fourth-order valence-corrected chi connectivity index (χ4v) is 9.48. The zero-order valence-electron chi connectivity index (χ0n) is 45.8. The smallest absolute Gasteiger partial charge is 0.407 e. The third-order valence-corrected chi connectivity index (χ3v) is 14.0. The third kappa shape index (κ3) is 20.8. The summed E-state index contributed by atoms with van der Waals surface area (Å²) in [7, 11) is 0. The first-order valence-corrected chi connectivity index (χ1v) is 28.8. The van der Waals surface area contributed by atoms with E-state index in [9.17, 15) is 38.4 Å². The van der Waals surface area contributed by atoms with E-state index in [-0.39, 0.29) is 74.5 Å². The lowest BCUT2D eigenvalue weighted by Crippen LogP contribution is -2.54. The van der Waals surface area contributed by atoms with E-state index in [4.69, 9.17) is 16.2 Å². The van der Waals surface area contributed by atoms with Crippen LogP contribution in [0.4, 0.5) is 32.5 Å². The number of piperidine rings is 1. The summed E-state index contributed by atoms with van der Waals surface area (Å²) in [6.07, 6.45) is 9.29. The number of aromatic nitrogens is 1. The molecule has 1 aromatic heterocycles. The molecule has 2 unspecified atom stereocenters. The zero-order chi connectivity index (χ0) is 57.3. The van der Waals surface area contributed by atoms with Crippen LogP contribution in [0.3, 0.4) is 0 Å².